The lowest BCUT2D eigenvalue weighted by molar-refractivity contribution is 0.0697. The molecule has 0 amide bonds. The minimum absolute atomic E-state index is 0.301. The van der Waals surface area contributed by atoms with Crippen LogP contribution in [0.5, 0.6) is 0 Å². The predicted molar refractivity (Wildman–Crippen MR) is 77.1 cm³/mol. The van der Waals surface area contributed by atoms with Crippen LogP contribution in [0.15, 0.2) is 57.9 Å². The van der Waals surface area contributed by atoms with Crippen molar-refractivity contribution in [2.75, 3.05) is 0 Å². The monoisotopic (exact) mass is 322 g/mol. The highest BCUT2D eigenvalue weighted by atomic mass is 79.9. The van der Waals surface area contributed by atoms with Crippen LogP contribution in [-0.4, -0.2) is 11.1 Å². The molecule has 92 valence electrons. The minimum Gasteiger partial charge on any atom is -0.478 e. The smallest absolute Gasteiger partial charge is 0.335 e. The summed E-state index contributed by atoms with van der Waals surface area (Å²) in [6.45, 7) is 0. The van der Waals surface area contributed by atoms with Crippen molar-refractivity contribution in [3.05, 3.63) is 64.1 Å². The fraction of sp³-hybridized carbons (Fsp3) is 0.0714. The van der Waals surface area contributed by atoms with Crippen LogP contribution >= 0.6 is 27.7 Å². The standard InChI is InChI=1S/C14H11BrO2S/c15-13-8-10(14(16)17)6-7-11(13)9-18-12-4-2-1-3-5-12/h1-8H,9H2,(H,16,17). The first-order chi connectivity index (χ1) is 8.66. The summed E-state index contributed by atoms with van der Waals surface area (Å²) in [6, 6.07) is 15.2. The number of hydrogen-bond acceptors (Lipinski definition) is 2. The molecule has 0 aliphatic heterocycles. The van der Waals surface area contributed by atoms with E-state index in [1.54, 1.807) is 23.9 Å². The van der Waals surface area contributed by atoms with Crippen molar-refractivity contribution in [2.45, 2.75) is 10.6 Å². The minimum atomic E-state index is -0.905. The third-order valence-corrected chi connectivity index (χ3v) is 4.24. The zero-order chi connectivity index (χ0) is 13.0. The lowest BCUT2D eigenvalue weighted by Crippen LogP contribution is -1.96. The Hall–Kier alpha value is -1.26. The van der Waals surface area contributed by atoms with Crippen LogP contribution < -0.4 is 0 Å². The molecule has 0 saturated heterocycles. The highest BCUT2D eigenvalue weighted by Crippen LogP contribution is 2.27. The van der Waals surface area contributed by atoms with E-state index in [1.165, 1.54) is 4.90 Å². The third kappa shape index (κ3) is 3.37. The van der Waals surface area contributed by atoms with E-state index in [-0.39, 0.29) is 0 Å². The second kappa shape index (κ2) is 6.07. The van der Waals surface area contributed by atoms with Gasteiger partial charge in [0, 0.05) is 15.1 Å². The average Bonchev–Trinajstić information content (AvgIpc) is 2.38. The van der Waals surface area contributed by atoms with Gasteiger partial charge in [0.1, 0.15) is 0 Å². The summed E-state index contributed by atoms with van der Waals surface area (Å²) < 4.78 is 0.839. The fourth-order valence-corrected chi connectivity index (χ4v) is 3.10. The summed E-state index contributed by atoms with van der Waals surface area (Å²) in [7, 11) is 0. The van der Waals surface area contributed by atoms with Gasteiger partial charge in [-0.25, -0.2) is 4.79 Å². The zero-order valence-electron chi connectivity index (χ0n) is 9.47. The molecule has 2 aromatic rings. The number of carboxylic acids is 1. The predicted octanol–water partition coefficient (Wildman–Crippen LogP) is 4.44. The molecule has 0 saturated carbocycles. The maximum Gasteiger partial charge on any atom is 0.335 e. The van der Waals surface area contributed by atoms with Gasteiger partial charge in [0.05, 0.1) is 5.56 Å². The largest absolute Gasteiger partial charge is 0.478 e. The van der Waals surface area contributed by atoms with E-state index in [2.05, 4.69) is 28.1 Å². The van der Waals surface area contributed by atoms with Crippen molar-refractivity contribution in [2.24, 2.45) is 0 Å². The van der Waals surface area contributed by atoms with Gasteiger partial charge in [-0.2, -0.15) is 0 Å². The van der Waals surface area contributed by atoms with E-state index in [9.17, 15) is 4.79 Å². The Labute approximate surface area is 118 Å². The molecule has 2 aromatic carbocycles. The van der Waals surface area contributed by atoms with Gasteiger partial charge in [0.2, 0.25) is 0 Å². The summed E-state index contributed by atoms with van der Waals surface area (Å²) in [4.78, 5) is 12.0. The molecular weight excluding hydrogens is 312 g/mol. The van der Waals surface area contributed by atoms with Gasteiger partial charge in [-0.1, -0.05) is 40.2 Å². The number of halogens is 1. The van der Waals surface area contributed by atoms with E-state index in [4.69, 9.17) is 5.11 Å². The third-order valence-electron chi connectivity index (χ3n) is 2.44. The lowest BCUT2D eigenvalue weighted by atomic mass is 10.1. The molecule has 18 heavy (non-hydrogen) atoms. The second-order valence-corrected chi connectivity index (χ2v) is 5.62. The Balaban J connectivity index is 2.08. The van der Waals surface area contributed by atoms with Gasteiger partial charge in [0.15, 0.2) is 0 Å². The summed E-state index contributed by atoms with van der Waals surface area (Å²) >= 11 is 5.14. The highest BCUT2D eigenvalue weighted by molar-refractivity contribution is 9.10. The lowest BCUT2D eigenvalue weighted by Gasteiger charge is -2.05. The van der Waals surface area contributed by atoms with E-state index < -0.39 is 5.97 Å². The molecule has 4 heteroatoms. The van der Waals surface area contributed by atoms with Crippen molar-refractivity contribution in [1.82, 2.24) is 0 Å². The quantitative estimate of drug-likeness (QED) is 0.845. The number of aromatic carboxylic acids is 1. The Bertz CT molecular complexity index is 555. The summed E-state index contributed by atoms with van der Waals surface area (Å²) in [5.41, 5.74) is 1.39. The molecule has 0 radical (unpaired) electrons. The molecular formula is C14H11BrO2S. The maximum atomic E-state index is 10.8. The highest BCUT2D eigenvalue weighted by Gasteiger charge is 2.06. The molecule has 0 heterocycles. The molecule has 2 nitrogen and oxygen atoms in total. The number of benzene rings is 2. The van der Waals surface area contributed by atoms with E-state index >= 15 is 0 Å². The SMILES string of the molecule is O=C(O)c1ccc(CSc2ccccc2)c(Br)c1. The summed E-state index contributed by atoms with van der Waals surface area (Å²) in [5, 5.41) is 8.88. The maximum absolute atomic E-state index is 10.8. The van der Waals surface area contributed by atoms with Crippen LogP contribution in [0.1, 0.15) is 15.9 Å². The molecule has 1 N–H and O–H groups in total. The molecule has 2 rings (SSSR count). The van der Waals surface area contributed by atoms with E-state index in [1.807, 2.05) is 24.3 Å². The first-order valence-corrected chi connectivity index (χ1v) is 7.14. The van der Waals surface area contributed by atoms with Gasteiger partial charge < -0.3 is 5.11 Å². The van der Waals surface area contributed by atoms with E-state index in [0.29, 0.717) is 5.56 Å². The molecule has 0 aromatic heterocycles. The number of thioether (sulfide) groups is 1. The number of rotatable bonds is 4. The first kappa shape index (κ1) is 13.2. The molecule has 0 fully saturated rings. The molecule has 0 bridgehead atoms. The Morgan fingerprint density at radius 1 is 1.17 bits per heavy atom. The van der Waals surface area contributed by atoms with Gasteiger partial charge in [-0.15, -0.1) is 11.8 Å². The average molecular weight is 323 g/mol. The van der Waals surface area contributed by atoms with Gasteiger partial charge in [-0.3, -0.25) is 0 Å². The summed E-state index contributed by atoms with van der Waals surface area (Å²) in [5.74, 6) is -0.0946. The van der Waals surface area contributed by atoms with Crippen LogP contribution in [0.3, 0.4) is 0 Å². The van der Waals surface area contributed by atoms with E-state index in [0.717, 1.165) is 15.8 Å². The van der Waals surface area contributed by atoms with Crippen LogP contribution in [0.25, 0.3) is 0 Å². The van der Waals surface area contributed by atoms with Crippen molar-refractivity contribution in [3.63, 3.8) is 0 Å². The second-order valence-electron chi connectivity index (χ2n) is 3.71. The van der Waals surface area contributed by atoms with Crippen molar-refractivity contribution in [3.8, 4) is 0 Å². The van der Waals surface area contributed by atoms with Crippen LogP contribution in [-0.2, 0) is 5.75 Å². The number of carboxylic acid groups (broad SMARTS) is 1. The van der Waals surface area contributed by atoms with Crippen molar-refractivity contribution >= 4 is 33.7 Å². The molecule has 0 spiro atoms. The van der Waals surface area contributed by atoms with Gasteiger partial charge in [0.25, 0.3) is 0 Å². The van der Waals surface area contributed by atoms with Gasteiger partial charge >= 0.3 is 5.97 Å². The fourth-order valence-electron chi connectivity index (χ4n) is 1.48. The Morgan fingerprint density at radius 2 is 1.89 bits per heavy atom. The van der Waals surface area contributed by atoms with Gasteiger partial charge in [-0.05, 0) is 29.8 Å². The normalized spacial score (nSPS) is 10.3. The van der Waals surface area contributed by atoms with Crippen LogP contribution in [0.2, 0.25) is 0 Å². The molecule has 0 unspecified atom stereocenters. The Kier molecular flexibility index (Phi) is 4.44. The van der Waals surface area contributed by atoms with Crippen LogP contribution in [0, 0.1) is 0 Å². The number of hydrogen-bond donors (Lipinski definition) is 1. The first-order valence-electron chi connectivity index (χ1n) is 5.36. The molecule has 0 aliphatic carbocycles. The molecule has 0 aliphatic rings. The number of carbonyl (C=O) groups is 1. The topological polar surface area (TPSA) is 37.3 Å². The van der Waals surface area contributed by atoms with Crippen LogP contribution in [0.4, 0.5) is 0 Å². The summed E-state index contributed by atoms with van der Waals surface area (Å²) in [6.07, 6.45) is 0. The van der Waals surface area contributed by atoms with Crippen molar-refractivity contribution in [1.29, 1.82) is 0 Å². The molecule has 0 atom stereocenters. The zero-order valence-corrected chi connectivity index (χ0v) is 11.9. The Morgan fingerprint density at radius 3 is 2.50 bits per heavy atom. The van der Waals surface area contributed by atoms with Crippen molar-refractivity contribution < 1.29 is 9.90 Å².